The van der Waals surface area contributed by atoms with E-state index in [9.17, 15) is 8.78 Å². The van der Waals surface area contributed by atoms with E-state index < -0.39 is 11.6 Å². The van der Waals surface area contributed by atoms with Gasteiger partial charge in [0.05, 0.1) is 12.2 Å². The van der Waals surface area contributed by atoms with Crippen LogP contribution in [0.3, 0.4) is 0 Å². The number of nitrogens with zero attached hydrogens (tertiary/aromatic N) is 3. The minimum Gasteiger partial charge on any atom is -0.248 e. The normalized spacial score (nSPS) is 10.8. The number of aryl methyl sites for hydroxylation is 1. The van der Waals surface area contributed by atoms with Gasteiger partial charge in [-0.25, -0.2) is 13.5 Å². The van der Waals surface area contributed by atoms with E-state index in [0.29, 0.717) is 18.0 Å². The number of hydrogen-bond acceptors (Lipinski definition) is 2. The zero-order valence-corrected chi connectivity index (χ0v) is 9.66. The minimum atomic E-state index is -0.584. The molecule has 0 unspecified atom stereocenters. The van der Waals surface area contributed by atoms with Crippen LogP contribution in [0.5, 0.6) is 0 Å². The molecular formula is C11H10ClF2N3. The van der Waals surface area contributed by atoms with Gasteiger partial charge in [-0.1, -0.05) is 11.3 Å². The van der Waals surface area contributed by atoms with E-state index in [1.807, 2.05) is 0 Å². The lowest BCUT2D eigenvalue weighted by Crippen LogP contribution is -2.05. The van der Waals surface area contributed by atoms with E-state index in [4.69, 9.17) is 11.6 Å². The molecule has 0 aliphatic rings. The molecule has 0 saturated carbocycles. The van der Waals surface area contributed by atoms with Crippen molar-refractivity contribution in [2.75, 3.05) is 5.88 Å². The van der Waals surface area contributed by atoms with Crippen LogP contribution < -0.4 is 0 Å². The fourth-order valence-corrected chi connectivity index (χ4v) is 1.67. The van der Waals surface area contributed by atoms with Gasteiger partial charge in [0.1, 0.15) is 11.6 Å². The quantitative estimate of drug-likeness (QED) is 0.788. The summed E-state index contributed by atoms with van der Waals surface area (Å²) in [5, 5.41) is 7.63. The number of benzene rings is 1. The maximum absolute atomic E-state index is 13.4. The van der Waals surface area contributed by atoms with Crippen LogP contribution in [0.1, 0.15) is 11.3 Å². The van der Waals surface area contributed by atoms with Crippen molar-refractivity contribution in [3.63, 3.8) is 0 Å². The lowest BCUT2D eigenvalue weighted by molar-refractivity contribution is 0.528. The zero-order chi connectivity index (χ0) is 12.3. The topological polar surface area (TPSA) is 30.7 Å². The molecule has 17 heavy (non-hydrogen) atoms. The van der Waals surface area contributed by atoms with Crippen molar-refractivity contribution in [2.24, 2.45) is 0 Å². The maximum atomic E-state index is 13.4. The Bertz CT molecular complexity index is 493. The first kappa shape index (κ1) is 12.0. The summed E-state index contributed by atoms with van der Waals surface area (Å²) in [5.41, 5.74) is 0.687. The molecule has 1 aromatic carbocycles. The average molecular weight is 258 g/mol. The summed E-state index contributed by atoms with van der Waals surface area (Å²) in [5.74, 6) is -0.731. The van der Waals surface area contributed by atoms with E-state index in [1.54, 1.807) is 6.20 Å². The van der Waals surface area contributed by atoms with Crippen LogP contribution in [-0.2, 0) is 13.0 Å². The summed E-state index contributed by atoms with van der Waals surface area (Å²) in [4.78, 5) is 0. The Hall–Kier alpha value is -1.49. The lowest BCUT2D eigenvalue weighted by Gasteiger charge is -2.03. The Labute approximate surface area is 102 Å². The van der Waals surface area contributed by atoms with Gasteiger partial charge in [0.25, 0.3) is 0 Å². The maximum Gasteiger partial charge on any atom is 0.131 e. The minimum absolute atomic E-state index is 0.0187. The third-order valence-corrected chi connectivity index (χ3v) is 2.51. The van der Waals surface area contributed by atoms with Crippen molar-refractivity contribution >= 4 is 11.6 Å². The molecule has 0 aliphatic carbocycles. The van der Waals surface area contributed by atoms with Gasteiger partial charge in [0.2, 0.25) is 0 Å². The van der Waals surface area contributed by atoms with E-state index in [-0.39, 0.29) is 12.1 Å². The largest absolute Gasteiger partial charge is 0.248 e. The standard InChI is InChI=1S/C11H10ClF2N3/c12-5-4-8-6-17(16-15-8)7-9-10(13)2-1-3-11(9)14/h1-3,6H,4-5,7H2. The van der Waals surface area contributed by atoms with Gasteiger partial charge in [0.15, 0.2) is 0 Å². The summed E-state index contributed by atoms with van der Waals surface area (Å²) in [6.45, 7) is 0.0216. The molecule has 0 spiro atoms. The van der Waals surface area contributed by atoms with Crippen LogP contribution in [0.15, 0.2) is 24.4 Å². The van der Waals surface area contributed by atoms with Crippen LogP contribution in [0.4, 0.5) is 8.78 Å². The number of aromatic nitrogens is 3. The molecule has 0 fully saturated rings. The van der Waals surface area contributed by atoms with Gasteiger partial charge < -0.3 is 0 Å². The van der Waals surface area contributed by atoms with Gasteiger partial charge in [-0.15, -0.1) is 16.7 Å². The molecule has 0 radical (unpaired) electrons. The molecule has 0 amide bonds. The monoisotopic (exact) mass is 257 g/mol. The van der Waals surface area contributed by atoms with Gasteiger partial charge in [-0.2, -0.15) is 0 Å². The molecule has 2 aromatic rings. The van der Waals surface area contributed by atoms with Gasteiger partial charge in [-0.05, 0) is 12.1 Å². The van der Waals surface area contributed by atoms with Crippen LogP contribution >= 0.6 is 11.6 Å². The Morgan fingerprint density at radius 1 is 1.24 bits per heavy atom. The summed E-state index contributed by atoms with van der Waals surface area (Å²) in [6.07, 6.45) is 2.22. The first-order chi connectivity index (χ1) is 8.20. The smallest absolute Gasteiger partial charge is 0.131 e. The summed E-state index contributed by atoms with van der Waals surface area (Å²) < 4.78 is 28.1. The second kappa shape index (κ2) is 5.23. The highest BCUT2D eigenvalue weighted by Gasteiger charge is 2.10. The predicted molar refractivity (Wildman–Crippen MR) is 59.9 cm³/mol. The highest BCUT2D eigenvalue weighted by molar-refractivity contribution is 6.17. The predicted octanol–water partition coefficient (Wildman–Crippen LogP) is 2.39. The second-order valence-electron chi connectivity index (χ2n) is 3.55. The van der Waals surface area contributed by atoms with Gasteiger partial charge >= 0.3 is 0 Å². The Morgan fingerprint density at radius 2 is 1.94 bits per heavy atom. The molecule has 1 aromatic heterocycles. The molecular weight excluding hydrogens is 248 g/mol. The SMILES string of the molecule is Fc1cccc(F)c1Cn1cc(CCCl)nn1. The Balaban J connectivity index is 2.19. The molecule has 1 heterocycles. The summed E-state index contributed by atoms with van der Waals surface area (Å²) in [6, 6.07) is 3.76. The van der Waals surface area contributed by atoms with E-state index in [0.717, 1.165) is 0 Å². The molecule has 3 nitrogen and oxygen atoms in total. The lowest BCUT2D eigenvalue weighted by atomic mass is 10.2. The number of rotatable bonds is 4. The number of halogens is 3. The molecule has 6 heteroatoms. The van der Waals surface area contributed by atoms with E-state index >= 15 is 0 Å². The van der Waals surface area contributed by atoms with Crippen molar-refractivity contribution < 1.29 is 8.78 Å². The zero-order valence-electron chi connectivity index (χ0n) is 8.91. The molecule has 0 saturated heterocycles. The Kier molecular flexibility index (Phi) is 3.68. The van der Waals surface area contributed by atoms with E-state index in [2.05, 4.69) is 10.3 Å². The highest BCUT2D eigenvalue weighted by Crippen LogP contribution is 2.13. The molecule has 90 valence electrons. The number of alkyl halides is 1. The third kappa shape index (κ3) is 2.79. The highest BCUT2D eigenvalue weighted by atomic mass is 35.5. The Morgan fingerprint density at radius 3 is 2.59 bits per heavy atom. The van der Waals surface area contributed by atoms with Gasteiger partial charge in [-0.3, -0.25) is 0 Å². The first-order valence-corrected chi connectivity index (χ1v) is 5.62. The fraction of sp³-hybridized carbons (Fsp3) is 0.273. The average Bonchev–Trinajstić information content (AvgIpc) is 2.72. The van der Waals surface area contributed by atoms with Crippen molar-refractivity contribution in [1.82, 2.24) is 15.0 Å². The second-order valence-corrected chi connectivity index (χ2v) is 3.92. The van der Waals surface area contributed by atoms with Gasteiger partial charge in [0, 0.05) is 24.1 Å². The van der Waals surface area contributed by atoms with Crippen LogP contribution in [0.25, 0.3) is 0 Å². The third-order valence-electron chi connectivity index (χ3n) is 2.32. The molecule has 0 N–H and O–H groups in total. The summed E-state index contributed by atoms with van der Waals surface area (Å²) >= 11 is 5.56. The summed E-state index contributed by atoms with van der Waals surface area (Å²) in [7, 11) is 0. The van der Waals surface area contributed by atoms with Crippen LogP contribution in [0.2, 0.25) is 0 Å². The van der Waals surface area contributed by atoms with Crippen molar-refractivity contribution in [2.45, 2.75) is 13.0 Å². The molecule has 0 atom stereocenters. The molecule has 0 bridgehead atoms. The van der Waals surface area contributed by atoms with Crippen molar-refractivity contribution in [3.05, 3.63) is 47.3 Å². The molecule has 0 aliphatic heterocycles. The van der Waals surface area contributed by atoms with Crippen LogP contribution in [-0.4, -0.2) is 20.9 Å². The van der Waals surface area contributed by atoms with E-state index in [1.165, 1.54) is 22.9 Å². The number of hydrogen-bond donors (Lipinski definition) is 0. The van der Waals surface area contributed by atoms with Crippen molar-refractivity contribution in [3.8, 4) is 0 Å². The molecule has 2 rings (SSSR count). The fourth-order valence-electron chi connectivity index (χ4n) is 1.47. The first-order valence-electron chi connectivity index (χ1n) is 5.08. The van der Waals surface area contributed by atoms with Crippen LogP contribution in [0, 0.1) is 11.6 Å². The van der Waals surface area contributed by atoms with Crippen molar-refractivity contribution in [1.29, 1.82) is 0 Å².